The van der Waals surface area contributed by atoms with Crippen molar-refractivity contribution in [3.05, 3.63) is 60.2 Å². The lowest BCUT2D eigenvalue weighted by molar-refractivity contribution is 0.481. The highest BCUT2D eigenvalue weighted by molar-refractivity contribution is 5.35. The third-order valence-corrected chi connectivity index (χ3v) is 2.92. The molecule has 0 spiro atoms. The van der Waals surface area contributed by atoms with E-state index in [1.807, 2.05) is 49.5 Å². The average molecular weight is 241 g/mol. The van der Waals surface area contributed by atoms with E-state index >= 15 is 0 Å². The zero-order chi connectivity index (χ0) is 12.8. The van der Waals surface area contributed by atoms with Crippen LogP contribution in [-0.4, -0.2) is 13.6 Å². The lowest BCUT2D eigenvalue weighted by atomic mass is 10.0. The fraction of sp³-hybridized carbons (Fsp3) is 0.250. The Morgan fingerprint density at radius 3 is 2.44 bits per heavy atom. The minimum atomic E-state index is 0.481. The predicted molar refractivity (Wildman–Crippen MR) is 75.3 cm³/mol. The predicted octanol–water partition coefficient (Wildman–Crippen LogP) is 3.80. The van der Waals surface area contributed by atoms with Crippen LogP contribution in [0.4, 0.5) is 0 Å². The van der Waals surface area contributed by atoms with Gasteiger partial charge in [-0.1, -0.05) is 37.3 Å². The van der Waals surface area contributed by atoms with Gasteiger partial charge in [-0.3, -0.25) is 0 Å². The molecular weight excluding hydrogens is 222 g/mol. The van der Waals surface area contributed by atoms with Crippen molar-refractivity contribution in [2.75, 3.05) is 13.6 Å². The molecule has 18 heavy (non-hydrogen) atoms. The Kier molecular flexibility index (Phi) is 4.37. The topological polar surface area (TPSA) is 21.3 Å². The van der Waals surface area contributed by atoms with Crippen molar-refractivity contribution in [3.8, 4) is 11.5 Å². The van der Waals surface area contributed by atoms with Crippen molar-refractivity contribution in [2.24, 2.45) is 0 Å². The average Bonchev–Trinajstić information content (AvgIpc) is 2.40. The van der Waals surface area contributed by atoms with Crippen molar-refractivity contribution in [1.29, 1.82) is 0 Å². The molecule has 0 amide bonds. The number of para-hydroxylation sites is 1. The Morgan fingerprint density at radius 1 is 1.00 bits per heavy atom. The SMILES string of the molecule is CNCC(C)c1cccc(Oc2ccccc2)c1. The first-order valence-corrected chi connectivity index (χ1v) is 6.27. The molecule has 94 valence electrons. The molecule has 0 fully saturated rings. The van der Waals surface area contributed by atoms with E-state index in [4.69, 9.17) is 4.74 Å². The van der Waals surface area contributed by atoms with Gasteiger partial charge in [0.15, 0.2) is 0 Å². The van der Waals surface area contributed by atoms with Crippen LogP contribution in [0.25, 0.3) is 0 Å². The summed E-state index contributed by atoms with van der Waals surface area (Å²) < 4.78 is 5.83. The maximum atomic E-state index is 5.83. The number of rotatable bonds is 5. The molecule has 0 radical (unpaired) electrons. The van der Waals surface area contributed by atoms with Crippen LogP contribution in [0.3, 0.4) is 0 Å². The van der Waals surface area contributed by atoms with Gasteiger partial charge in [-0.2, -0.15) is 0 Å². The molecule has 0 saturated carbocycles. The molecule has 2 rings (SSSR count). The van der Waals surface area contributed by atoms with Crippen molar-refractivity contribution in [2.45, 2.75) is 12.8 Å². The fourth-order valence-electron chi connectivity index (χ4n) is 1.93. The molecule has 2 heteroatoms. The Bertz CT molecular complexity index is 481. The van der Waals surface area contributed by atoms with Crippen LogP contribution in [0.1, 0.15) is 18.4 Å². The van der Waals surface area contributed by atoms with E-state index in [0.717, 1.165) is 18.0 Å². The Morgan fingerprint density at radius 2 is 1.72 bits per heavy atom. The molecule has 2 nitrogen and oxygen atoms in total. The lowest BCUT2D eigenvalue weighted by Gasteiger charge is -2.13. The third kappa shape index (κ3) is 3.34. The molecule has 0 aliphatic rings. The van der Waals surface area contributed by atoms with Crippen LogP contribution in [0, 0.1) is 0 Å². The first-order chi connectivity index (χ1) is 8.79. The summed E-state index contributed by atoms with van der Waals surface area (Å²) in [6.45, 7) is 3.17. The summed E-state index contributed by atoms with van der Waals surface area (Å²) in [6.07, 6.45) is 0. The van der Waals surface area contributed by atoms with Gasteiger partial charge >= 0.3 is 0 Å². The molecule has 0 aliphatic carbocycles. The normalized spacial score (nSPS) is 12.1. The van der Waals surface area contributed by atoms with E-state index in [-0.39, 0.29) is 0 Å². The van der Waals surface area contributed by atoms with Gasteiger partial charge in [-0.25, -0.2) is 0 Å². The van der Waals surface area contributed by atoms with Gasteiger partial charge in [-0.15, -0.1) is 0 Å². The molecule has 0 aromatic heterocycles. The second-order valence-electron chi connectivity index (χ2n) is 4.45. The zero-order valence-electron chi connectivity index (χ0n) is 10.9. The molecule has 0 saturated heterocycles. The molecule has 0 heterocycles. The molecule has 0 bridgehead atoms. The van der Waals surface area contributed by atoms with E-state index in [1.54, 1.807) is 0 Å². The summed E-state index contributed by atoms with van der Waals surface area (Å²) in [4.78, 5) is 0. The Hall–Kier alpha value is -1.80. The highest BCUT2D eigenvalue weighted by Gasteiger charge is 2.05. The van der Waals surface area contributed by atoms with Crippen LogP contribution >= 0.6 is 0 Å². The van der Waals surface area contributed by atoms with Crippen LogP contribution in [-0.2, 0) is 0 Å². The van der Waals surface area contributed by atoms with Gasteiger partial charge in [0.25, 0.3) is 0 Å². The molecule has 1 atom stereocenters. The second kappa shape index (κ2) is 6.22. The van der Waals surface area contributed by atoms with Gasteiger partial charge in [-0.05, 0) is 42.8 Å². The summed E-state index contributed by atoms with van der Waals surface area (Å²) in [5.41, 5.74) is 1.29. The first-order valence-electron chi connectivity index (χ1n) is 6.27. The molecule has 0 aliphatic heterocycles. The second-order valence-corrected chi connectivity index (χ2v) is 4.45. The van der Waals surface area contributed by atoms with Crippen molar-refractivity contribution < 1.29 is 4.74 Å². The largest absolute Gasteiger partial charge is 0.457 e. The number of ether oxygens (including phenoxy) is 1. The highest BCUT2D eigenvalue weighted by Crippen LogP contribution is 2.24. The van der Waals surface area contributed by atoms with Crippen molar-refractivity contribution in [3.63, 3.8) is 0 Å². The van der Waals surface area contributed by atoms with Crippen LogP contribution in [0.2, 0.25) is 0 Å². The number of nitrogens with one attached hydrogen (secondary N) is 1. The number of hydrogen-bond acceptors (Lipinski definition) is 2. The Balaban J connectivity index is 2.12. The summed E-state index contributed by atoms with van der Waals surface area (Å²) in [5.74, 6) is 2.24. The monoisotopic (exact) mass is 241 g/mol. The quantitative estimate of drug-likeness (QED) is 0.859. The van der Waals surface area contributed by atoms with Gasteiger partial charge in [0.1, 0.15) is 11.5 Å². The van der Waals surface area contributed by atoms with Crippen LogP contribution in [0.15, 0.2) is 54.6 Å². The van der Waals surface area contributed by atoms with E-state index in [0.29, 0.717) is 5.92 Å². The van der Waals surface area contributed by atoms with Gasteiger partial charge < -0.3 is 10.1 Å². The Labute approximate surface area is 109 Å². The van der Waals surface area contributed by atoms with Crippen molar-refractivity contribution >= 4 is 0 Å². The van der Waals surface area contributed by atoms with Gasteiger partial charge in [0, 0.05) is 6.54 Å². The van der Waals surface area contributed by atoms with Crippen LogP contribution < -0.4 is 10.1 Å². The smallest absolute Gasteiger partial charge is 0.127 e. The summed E-state index contributed by atoms with van der Waals surface area (Å²) >= 11 is 0. The first kappa shape index (κ1) is 12.7. The van der Waals surface area contributed by atoms with Crippen LogP contribution in [0.5, 0.6) is 11.5 Å². The summed E-state index contributed by atoms with van der Waals surface area (Å²) in [6, 6.07) is 18.1. The summed E-state index contributed by atoms with van der Waals surface area (Å²) in [7, 11) is 1.97. The lowest BCUT2D eigenvalue weighted by Crippen LogP contribution is -2.14. The molecule has 2 aromatic rings. The fourth-order valence-corrected chi connectivity index (χ4v) is 1.93. The zero-order valence-corrected chi connectivity index (χ0v) is 10.9. The highest BCUT2D eigenvalue weighted by atomic mass is 16.5. The van der Waals surface area contributed by atoms with E-state index in [2.05, 4.69) is 24.4 Å². The summed E-state index contributed by atoms with van der Waals surface area (Å²) in [5, 5.41) is 3.19. The van der Waals surface area contributed by atoms with Crippen molar-refractivity contribution in [1.82, 2.24) is 5.32 Å². The molecular formula is C16H19NO. The number of benzene rings is 2. The minimum absolute atomic E-state index is 0.481. The molecule has 1 unspecified atom stereocenters. The minimum Gasteiger partial charge on any atom is -0.457 e. The van der Waals surface area contributed by atoms with Gasteiger partial charge in [0.2, 0.25) is 0 Å². The van der Waals surface area contributed by atoms with E-state index in [1.165, 1.54) is 5.56 Å². The maximum Gasteiger partial charge on any atom is 0.127 e. The molecule has 1 N–H and O–H groups in total. The number of likely N-dealkylation sites (N-methyl/N-ethyl adjacent to an activating group) is 1. The maximum absolute atomic E-state index is 5.83. The molecule has 2 aromatic carbocycles. The standard InChI is InChI=1S/C16H19NO/c1-13(12-17-2)14-7-6-10-16(11-14)18-15-8-4-3-5-9-15/h3-11,13,17H,12H2,1-2H3. The number of hydrogen-bond donors (Lipinski definition) is 1. The van der Waals surface area contributed by atoms with E-state index in [9.17, 15) is 0 Å². The van der Waals surface area contributed by atoms with Gasteiger partial charge in [0.05, 0.1) is 0 Å². The third-order valence-electron chi connectivity index (χ3n) is 2.92. The van der Waals surface area contributed by atoms with E-state index < -0.39 is 0 Å².